The fourth-order valence-electron chi connectivity index (χ4n) is 5.58. The van der Waals surface area contributed by atoms with E-state index in [1.54, 1.807) is 0 Å². The summed E-state index contributed by atoms with van der Waals surface area (Å²) in [5.74, 6) is 1.08. The Balaban J connectivity index is 0.00000289. The summed E-state index contributed by atoms with van der Waals surface area (Å²) in [6.07, 6.45) is 11.3. The van der Waals surface area contributed by atoms with Crippen LogP contribution in [0, 0.1) is 0 Å². The first-order chi connectivity index (χ1) is 15.3. The second kappa shape index (κ2) is 13.7. The highest BCUT2D eigenvalue weighted by atomic mass is 127. The molecule has 0 bridgehead atoms. The summed E-state index contributed by atoms with van der Waals surface area (Å²) in [5, 5.41) is 3.56. The molecule has 1 unspecified atom stereocenters. The Labute approximate surface area is 212 Å². The molecule has 0 aliphatic carbocycles. The minimum atomic E-state index is 0. The molecule has 4 heterocycles. The van der Waals surface area contributed by atoms with Gasteiger partial charge in [0, 0.05) is 45.0 Å². The minimum Gasteiger partial charge on any atom is -0.381 e. The summed E-state index contributed by atoms with van der Waals surface area (Å²) < 4.78 is 17.8. The van der Waals surface area contributed by atoms with Gasteiger partial charge in [0.05, 0.1) is 25.4 Å². The molecule has 4 fully saturated rings. The maximum absolute atomic E-state index is 6.22. The largest absolute Gasteiger partial charge is 0.381 e. The van der Waals surface area contributed by atoms with Gasteiger partial charge in [0.25, 0.3) is 0 Å². The molecule has 0 aromatic heterocycles. The number of likely N-dealkylation sites (tertiary alicyclic amines) is 2. The zero-order valence-corrected chi connectivity index (χ0v) is 22.4. The Morgan fingerprint density at radius 1 is 1.00 bits per heavy atom. The number of nitrogens with zero attached hydrogens (tertiary/aromatic N) is 3. The molecule has 4 aliphatic rings. The van der Waals surface area contributed by atoms with Gasteiger partial charge in [-0.2, -0.15) is 0 Å². The van der Waals surface area contributed by atoms with Crippen molar-refractivity contribution in [3.05, 3.63) is 0 Å². The Morgan fingerprint density at radius 3 is 2.41 bits per heavy atom. The molecule has 1 N–H and O–H groups in total. The molecule has 0 radical (unpaired) electrons. The molecule has 0 aromatic carbocycles. The fourth-order valence-corrected chi connectivity index (χ4v) is 5.58. The summed E-state index contributed by atoms with van der Waals surface area (Å²) in [5.41, 5.74) is 0.191. The van der Waals surface area contributed by atoms with Crippen molar-refractivity contribution in [3.63, 3.8) is 0 Å². The summed E-state index contributed by atoms with van der Waals surface area (Å²) in [4.78, 5) is 10.3. The lowest BCUT2D eigenvalue weighted by Gasteiger charge is -2.44. The lowest BCUT2D eigenvalue weighted by molar-refractivity contribution is -0.0721. The van der Waals surface area contributed by atoms with Gasteiger partial charge < -0.3 is 24.4 Å². The van der Waals surface area contributed by atoms with E-state index < -0.39 is 0 Å². The van der Waals surface area contributed by atoms with Gasteiger partial charge in [0.2, 0.25) is 0 Å². The third kappa shape index (κ3) is 7.17. The van der Waals surface area contributed by atoms with Crippen LogP contribution in [0.2, 0.25) is 0 Å². The van der Waals surface area contributed by atoms with Crippen LogP contribution in [0.3, 0.4) is 0 Å². The quantitative estimate of drug-likeness (QED) is 0.291. The zero-order valence-electron chi connectivity index (χ0n) is 20.1. The van der Waals surface area contributed by atoms with Crippen molar-refractivity contribution < 1.29 is 14.2 Å². The van der Waals surface area contributed by atoms with Crippen molar-refractivity contribution in [2.45, 2.75) is 82.5 Å². The van der Waals surface area contributed by atoms with Crippen LogP contribution in [0.4, 0.5) is 0 Å². The fraction of sp³-hybridized carbons (Fsp3) is 0.958. The Hall–Kier alpha value is -0.160. The number of guanidine groups is 1. The number of hydrogen-bond acceptors (Lipinski definition) is 5. The number of piperidine rings is 1. The maximum Gasteiger partial charge on any atom is 0.193 e. The predicted molar refractivity (Wildman–Crippen MR) is 139 cm³/mol. The van der Waals surface area contributed by atoms with E-state index in [2.05, 4.69) is 22.0 Å². The molecule has 0 aromatic rings. The average molecular weight is 565 g/mol. The lowest BCUT2D eigenvalue weighted by Crippen LogP contribution is -2.54. The number of rotatable bonds is 7. The van der Waals surface area contributed by atoms with Crippen LogP contribution in [0.15, 0.2) is 4.99 Å². The number of aliphatic imine (C=N–C) groups is 1. The van der Waals surface area contributed by atoms with Crippen molar-refractivity contribution in [2.75, 3.05) is 65.7 Å². The Morgan fingerprint density at radius 2 is 1.75 bits per heavy atom. The van der Waals surface area contributed by atoms with Gasteiger partial charge in [-0.15, -0.1) is 24.0 Å². The van der Waals surface area contributed by atoms with Crippen LogP contribution >= 0.6 is 24.0 Å². The molecule has 0 amide bonds. The van der Waals surface area contributed by atoms with Crippen LogP contribution in [0.5, 0.6) is 0 Å². The third-order valence-electron chi connectivity index (χ3n) is 7.59. The first-order valence-corrected chi connectivity index (χ1v) is 12.9. The predicted octanol–water partition coefficient (Wildman–Crippen LogP) is 3.27. The zero-order chi connectivity index (χ0) is 21.4. The van der Waals surface area contributed by atoms with E-state index in [1.165, 1.54) is 38.8 Å². The molecule has 8 heteroatoms. The van der Waals surface area contributed by atoms with Gasteiger partial charge in [-0.05, 0) is 77.8 Å². The van der Waals surface area contributed by atoms with Crippen LogP contribution in [0.1, 0.15) is 64.7 Å². The topological polar surface area (TPSA) is 58.6 Å². The van der Waals surface area contributed by atoms with Crippen LogP contribution in [-0.4, -0.2) is 99.2 Å². The second-order valence-corrected chi connectivity index (χ2v) is 9.71. The first-order valence-electron chi connectivity index (χ1n) is 12.9. The van der Waals surface area contributed by atoms with Gasteiger partial charge in [-0.3, -0.25) is 9.89 Å². The maximum atomic E-state index is 6.22. The highest BCUT2D eigenvalue weighted by Gasteiger charge is 2.39. The smallest absolute Gasteiger partial charge is 0.193 e. The van der Waals surface area contributed by atoms with Gasteiger partial charge in [-0.1, -0.05) is 0 Å². The van der Waals surface area contributed by atoms with Gasteiger partial charge >= 0.3 is 0 Å². The summed E-state index contributed by atoms with van der Waals surface area (Å²) in [6.45, 7) is 11.8. The first kappa shape index (κ1) is 26.4. The average Bonchev–Trinajstić information content (AvgIpc) is 3.38. The van der Waals surface area contributed by atoms with E-state index in [-0.39, 0.29) is 29.5 Å². The van der Waals surface area contributed by atoms with Crippen molar-refractivity contribution in [3.8, 4) is 0 Å². The lowest BCUT2D eigenvalue weighted by atomic mass is 9.88. The standard InChI is InChI=1S/C24H44N4O3.HI/c1-2-25-23(26-20-24(10-17-29-18-11-24)28-12-4-5-13-28)27-14-8-21(9-15-27)31-19-22-7-3-6-16-30-22;/h21-22H,2-20H2,1H3,(H,25,26);1H. The van der Waals surface area contributed by atoms with E-state index in [0.29, 0.717) is 12.2 Å². The monoisotopic (exact) mass is 564 g/mol. The van der Waals surface area contributed by atoms with Gasteiger partial charge in [-0.25, -0.2) is 0 Å². The van der Waals surface area contributed by atoms with Crippen LogP contribution in [-0.2, 0) is 14.2 Å². The van der Waals surface area contributed by atoms with Crippen molar-refractivity contribution >= 4 is 29.9 Å². The van der Waals surface area contributed by atoms with Crippen molar-refractivity contribution in [2.24, 2.45) is 4.99 Å². The number of nitrogens with one attached hydrogen (secondary N) is 1. The summed E-state index contributed by atoms with van der Waals surface area (Å²) in [7, 11) is 0. The Kier molecular flexibility index (Phi) is 11.3. The molecule has 0 saturated carbocycles. The molecular weight excluding hydrogens is 519 g/mol. The molecule has 32 heavy (non-hydrogen) atoms. The van der Waals surface area contributed by atoms with Gasteiger partial charge in [0.1, 0.15) is 0 Å². The normalized spacial score (nSPS) is 27.8. The molecule has 186 valence electrons. The van der Waals surface area contributed by atoms with Crippen molar-refractivity contribution in [1.82, 2.24) is 15.1 Å². The number of halogens is 1. The molecule has 4 aliphatic heterocycles. The highest BCUT2D eigenvalue weighted by molar-refractivity contribution is 14.0. The Bertz CT molecular complexity index is 553. The molecule has 7 nitrogen and oxygen atoms in total. The summed E-state index contributed by atoms with van der Waals surface area (Å²) in [6, 6.07) is 0. The van der Waals surface area contributed by atoms with E-state index >= 15 is 0 Å². The van der Waals surface area contributed by atoms with E-state index in [9.17, 15) is 0 Å². The number of ether oxygens (including phenoxy) is 3. The van der Waals surface area contributed by atoms with Crippen molar-refractivity contribution in [1.29, 1.82) is 0 Å². The highest BCUT2D eigenvalue weighted by Crippen LogP contribution is 2.32. The third-order valence-corrected chi connectivity index (χ3v) is 7.59. The SMILES string of the molecule is CCNC(=NCC1(N2CCCC2)CCOCC1)N1CCC(OCC2CCCCO2)CC1.I. The summed E-state index contributed by atoms with van der Waals surface area (Å²) >= 11 is 0. The number of hydrogen-bond donors (Lipinski definition) is 1. The van der Waals surface area contributed by atoms with E-state index in [1.807, 2.05) is 0 Å². The van der Waals surface area contributed by atoms with Gasteiger partial charge in [0.15, 0.2) is 5.96 Å². The van der Waals surface area contributed by atoms with E-state index in [0.717, 1.165) is 90.7 Å². The molecule has 1 atom stereocenters. The van der Waals surface area contributed by atoms with Crippen LogP contribution < -0.4 is 5.32 Å². The second-order valence-electron chi connectivity index (χ2n) is 9.71. The van der Waals surface area contributed by atoms with Crippen LogP contribution in [0.25, 0.3) is 0 Å². The molecule has 0 spiro atoms. The molecular formula is C24H45IN4O3. The molecule has 4 saturated heterocycles. The molecule has 4 rings (SSSR count). The van der Waals surface area contributed by atoms with E-state index in [4.69, 9.17) is 19.2 Å². The minimum absolute atomic E-state index is 0.